The number of hydrogen-bond acceptors (Lipinski definition) is 2. The van der Waals surface area contributed by atoms with Gasteiger partial charge in [0.2, 0.25) is 0 Å². The van der Waals surface area contributed by atoms with Crippen molar-refractivity contribution < 1.29 is 10.9 Å². The molecule has 4 nitrogen and oxygen atoms in total. The normalized spacial score (nSPS) is 10.8. The molecular formula is C38H30Br3N2O2-. The van der Waals surface area contributed by atoms with E-state index in [1.807, 2.05) is 24.3 Å². The molecule has 0 saturated carbocycles. The van der Waals surface area contributed by atoms with E-state index in [9.17, 15) is 0 Å². The Morgan fingerprint density at radius 1 is 0.489 bits per heavy atom. The predicted molar refractivity (Wildman–Crippen MR) is 200 cm³/mol. The molecule has 0 aliphatic heterocycles. The van der Waals surface area contributed by atoms with Gasteiger partial charge in [-0.3, -0.25) is 0 Å². The number of rotatable bonds is 3. The largest absolute Gasteiger partial charge is 1.00 e. The fourth-order valence-electron chi connectivity index (χ4n) is 5.44. The van der Waals surface area contributed by atoms with E-state index in [1.54, 1.807) is 14.2 Å². The lowest BCUT2D eigenvalue weighted by atomic mass is 10.2. The van der Waals surface area contributed by atoms with Gasteiger partial charge in [-0.1, -0.05) is 121 Å². The summed E-state index contributed by atoms with van der Waals surface area (Å²) in [4.78, 5) is 3.38. The second kappa shape index (κ2) is 13.9. The van der Waals surface area contributed by atoms with Gasteiger partial charge < -0.3 is 20.5 Å². The number of fused-ring (bicyclic) bond motifs is 6. The lowest BCUT2D eigenvalue weighted by Crippen LogP contribution is -1.95. The second-order valence-corrected chi connectivity index (χ2v) is 13.0. The van der Waals surface area contributed by atoms with Gasteiger partial charge in [-0.05, 0) is 54.6 Å². The number of nitrogens with one attached hydrogen (secondary N) is 1. The maximum absolute atomic E-state index is 5.41. The van der Waals surface area contributed by atoms with Crippen LogP contribution >= 0.6 is 47.8 Å². The molecule has 0 bridgehead atoms. The predicted octanol–water partition coefficient (Wildman–Crippen LogP) is 12.2. The first kappa shape index (κ1) is 31.0. The van der Waals surface area contributed by atoms with Crippen molar-refractivity contribution in [2.45, 2.75) is 0 Å². The molecule has 226 valence electrons. The zero-order valence-corrected chi connectivity index (χ0v) is 29.4. The van der Waals surface area contributed by atoms with Crippen molar-refractivity contribution in [3.8, 4) is 17.2 Å². The SMILES string of the molecule is COc1cc(Br)cc(-n2c3ccccc3c3ccccc32)c1.COc1cc(Br)cc(Br)c1.[2H-].c1ccc2c(c1)[nH]c1ccccc12. The zero-order valence-electron chi connectivity index (χ0n) is 25.6. The van der Waals surface area contributed by atoms with E-state index in [0.29, 0.717) is 0 Å². The van der Waals surface area contributed by atoms with E-state index >= 15 is 0 Å². The molecule has 0 amide bonds. The van der Waals surface area contributed by atoms with E-state index in [1.165, 1.54) is 43.6 Å². The Labute approximate surface area is 288 Å². The molecule has 8 aromatic rings. The van der Waals surface area contributed by atoms with Gasteiger partial charge in [0.25, 0.3) is 0 Å². The fourth-order valence-corrected chi connectivity index (χ4v) is 7.15. The quantitative estimate of drug-likeness (QED) is 0.194. The molecule has 1 N–H and O–H groups in total. The van der Waals surface area contributed by atoms with Crippen molar-refractivity contribution in [2.24, 2.45) is 0 Å². The Hall–Kier alpha value is -4.04. The van der Waals surface area contributed by atoms with Crippen LogP contribution in [0.2, 0.25) is 0 Å². The van der Waals surface area contributed by atoms with Crippen LogP contribution in [0.1, 0.15) is 1.43 Å². The molecule has 8 rings (SSSR count). The third-order valence-corrected chi connectivity index (χ3v) is 8.79. The number of aromatic nitrogens is 2. The van der Waals surface area contributed by atoms with E-state index in [-0.39, 0.29) is 1.43 Å². The summed E-state index contributed by atoms with van der Waals surface area (Å²) in [5.41, 5.74) is 5.91. The molecule has 6 aromatic carbocycles. The van der Waals surface area contributed by atoms with Gasteiger partial charge in [-0.2, -0.15) is 0 Å². The summed E-state index contributed by atoms with van der Waals surface area (Å²) < 4.78 is 15.7. The van der Waals surface area contributed by atoms with Crippen LogP contribution in [0.15, 0.2) is 147 Å². The van der Waals surface area contributed by atoms with E-state index in [2.05, 4.69) is 167 Å². The Balaban J connectivity index is 0.000000148. The molecule has 0 unspecified atom stereocenters. The molecule has 2 aromatic heterocycles. The van der Waals surface area contributed by atoms with E-state index < -0.39 is 0 Å². The van der Waals surface area contributed by atoms with Crippen molar-refractivity contribution in [3.63, 3.8) is 0 Å². The van der Waals surface area contributed by atoms with Gasteiger partial charge in [0.05, 0.1) is 30.9 Å². The van der Waals surface area contributed by atoms with Gasteiger partial charge in [0.1, 0.15) is 11.5 Å². The highest BCUT2D eigenvalue weighted by atomic mass is 79.9. The molecule has 0 atom stereocenters. The second-order valence-electron chi connectivity index (χ2n) is 10.2. The standard InChI is InChI=1S/C19H14BrNO.C12H9N.C7H6Br2O.H/c1-22-15-11-13(20)10-14(12-15)21-18-8-4-2-6-16(18)17-7-3-5-9-19(17)21;1-3-7-11-9(5-1)10-6-2-4-8-12(10)13-11;1-10-7-3-5(8)2-6(9)4-7;/h2-12H,1H3;1-8,13H;2-4H,1H3;/q;;;-1/i;;;1+1. The number of halogens is 3. The highest BCUT2D eigenvalue weighted by molar-refractivity contribution is 9.11. The van der Waals surface area contributed by atoms with Gasteiger partial charge in [-0.25, -0.2) is 0 Å². The molecule has 2 heterocycles. The molecule has 45 heavy (non-hydrogen) atoms. The van der Waals surface area contributed by atoms with Crippen molar-refractivity contribution >= 4 is 91.4 Å². The zero-order chi connectivity index (χ0) is 31.3. The molecular weight excluding hydrogens is 756 g/mol. The van der Waals surface area contributed by atoms with Crippen LogP contribution in [-0.2, 0) is 0 Å². The number of nitrogens with zero attached hydrogens (tertiary/aromatic N) is 1. The Morgan fingerprint density at radius 3 is 1.38 bits per heavy atom. The first-order valence-corrected chi connectivity index (χ1v) is 16.6. The molecule has 0 aliphatic rings. The van der Waals surface area contributed by atoms with Crippen LogP contribution in [0, 0.1) is 0 Å². The van der Waals surface area contributed by atoms with Crippen LogP contribution in [0.5, 0.6) is 11.5 Å². The topological polar surface area (TPSA) is 39.2 Å². The lowest BCUT2D eigenvalue weighted by molar-refractivity contribution is 0.414. The van der Waals surface area contributed by atoms with Crippen LogP contribution in [0.4, 0.5) is 0 Å². The summed E-state index contributed by atoms with van der Waals surface area (Å²) in [7, 11) is 3.34. The minimum atomic E-state index is 0. The summed E-state index contributed by atoms with van der Waals surface area (Å²) in [6.07, 6.45) is 0. The smallest absolute Gasteiger partial charge is 0.122 e. The van der Waals surface area contributed by atoms with Crippen molar-refractivity contribution in [3.05, 3.63) is 147 Å². The third-order valence-electron chi connectivity index (χ3n) is 7.42. The number of benzene rings is 6. The minimum Gasteiger partial charge on any atom is -1.00 e. The average molecular weight is 787 g/mol. The number of ether oxygens (including phenoxy) is 2. The molecule has 7 heteroatoms. The summed E-state index contributed by atoms with van der Waals surface area (Å²) in [5, 5.41) is 5.13. The molecule has 0 spiro atoms. The molecule has 0 saturated heterocycles. The average Bonchev–Trinajstić information content (AvgIpc) is 3.60. The van der Waals surface area contributed by atoms with Gasteiger partial charge in [-0.15, -0.1) is 0 Å². The summed E-state index contributed by atoms with van der Waals surface area (Å²) in [6, 6.07) is 45.6. The summed E-state index contributed by atoms with van der Waals surface area (Å²) >= 11 is 10.3. The van der Waals surface area contributed by atoms with Crippen molar-refractivity contribution in [2.75, 3.05) is 14.2 Å². The van der Waals surface area contributed by atoms with E-state index in [0.717, 1.165) is 30.6 Å². The van der Waals surface area contributed by atoms with Gasteiger partial charge in [0.15, 0.2) is 0 Å². The fraction of sp³-hybridized carbons (Fsp3) is 0.0526. The van der Waals surface area contributed by atoms with Crippen LogP contribution < -0.4 is 9.47 Å². The highest BCUT2D eigenvalue weighted by Gasteiger charge is 2.12. The maximum atomic E-state index is 5.41. The summed E-state index contributed by atoms with van der Waals surface area (Å²) in [5.74, 6) is 1.69. The maximum Gasteiger partial charge on any atom is 0.122 e. The number of hydrogen-bond donors (Lipinski definition) is 1. The molecule has 0 fully saturated rings. The van der Waals surface area contributed by atoms with Crippen LogP contribution in [0.25, 0.3) is 49.3 Å². The van der Waals surface area contributed by atoms with Gasteiger partial charge >= 0.3 is 0 Å². The van der Waals surface area contributed by atoms with Crippen molar-refractivity contribution in [1.82, 2.24) is 9.55 Å². The first-order valence-electron chi connectivity index (χ1n) is 14.2. The highest BCUT2D eigenvalue weighted by Crippen LogP contribution is 2.34. The number of H-pyrrole nitrogens is 1. The van der Waals surface area contributed by atoms with E-state index in [4.69, 9.17) is 9.47 Å². The number of aromatic amines is 1. The minimum absolute atomic E-state index is 0. The third kappa shape index (κ3) is 6.81. The number of methoxy groups -OCH3 is 2. The summed E-state index contributed by atoms with van der Waals surface area (Å²) in [6.45, 7) is 0. The lowest BCUT2D eigenvalue weighted by Gasteiger charge is -2.10. The molecule has 0 radical (unpaired) electrons. The van der Waals surface area contributed by atoms with Gasteiger partial charge in [0, 0.05) is 52.1 Å². The first-order chi connectivity index (χ1) is 21.9. The molecule has 0 aliphatic carbocycles. The Kier molecular flexibility index (Phi) is 9.59. The monoisotopic (exact) mass is 784 g/mol. The van der Waals surface area contributed by atoms with Crippen molar-refractivity contribution in [1.29, 1.82) is 0 Å². The van der Waals surface area contributed by atoms with Crippen LogP contribution in [0.3, 0.4) is 0 Å². The number of para-hydroxylation sites is 4. The van der Waals surface area contributed by atoms with Crippen LogP contribution in [-0.4, -0.2) is 23.8 Å². The Bertz CT molecular complexity index is 2140. The Morgan fingerprint density at radius 2 is 0.889 bits per heavy atom.